The number of pyridine rings is 1. The number of ether oxygens (including phenoxy) is 1. The average molecular weight is 401 g/mol. The number of carbonyl (C=O) groups is 1. The summed E-state index contributed by atoms with van der Waals surface area (Å²) in [6.07, 6.45) is -1.53. The lowest BCUT2D eigenvalue weighted by atomic mass is 10.2. The Balaban J connectivity index is 1.41. The van der Waals surface area contributed by atoms with E-state index < -0.39 is 6.36 Å². The van der Waals surface area contributed by atoms with E-state index in [9.17, 15) is 18.0 Å². The van der Waals surface area contributed by atoms with E-state index >= 15 is 0 Å². The highest BCUT2D eigenvalue weighted by molar-refractivity contribution is 5.97. The number of aromatic nitrogens is 4. The van der Waals surface area contributed by atoms with E-state index in [1.54, 1.807) is 24.5 Å². The van der Waals surface area contributed by atoms with Crippen LogP contribution in [0.15, 0.2) is 54.9 Å². The monoisotopic (exact) mass is 401 g/mol. The largest absolute Gasteiger partial charge is 0.573 e. The molecule has 0 fully saturated rings. The molecule has 10 heteroatoms. The summed E-state index contributed by atoms with van der Waals surface area (Å²) in [6, 6.07) is 10.6. The lowest BCUT2D eigenvalue weighted by Crippen LogP contribution is -2.22. The summed E-state index contributed by atoms with van der Waals surface area (Å²) in [4.78, 5) is 19.6. The lowest BCUT2D eigenvalue weighted by molar-refractivity contribution is -0.274. The first-order valence-electron chi connectivity index (χ1n) is 8.50. The first-order valence-corrected chi connectivity index (χ1v) is 8.50. The molecule has 3 aromatic heterocycles. The molecular formula is C19H14F3N5O2. The molecule has 0 spiro atoms. The van der Waals surface area contributed by atoms with Gasteiger partial charge >= 0.3 is 6.36 Å². The molecule has 0 bridgehead atoms. The van der Waals surface area contributed by atoms with Crippen LogP contribution in [0, 0.1) is 0 Å². The van der Waals surface area contributed by atoms with Crippen LogP contribution < -0.4 is 10.1 Å². The van der Waals surface area contributed by atoms with Crippen LogP contribution in [0.1, 0.15) is 15.9 Å². The van der Waals surface area contributed by atoms with Crippen molar-refractivity contribution in [3.8, 4) is 17.1 Å². The molecule has 4 aromatic rings. The van der Waals surface area contributed by atoms with Crippen molar-refractivity contribution in [2.75, 3.05) is 0 Å². The average Bonchev–Trinajstić information content (AvgIpc) is 3.33. The number of alkyl halides is 3. The number of fused-ring (bicyclic) bond motifs is 1. The van der Waals surface area contributed by atoms with E-state index in [-0.39, 0.29) is 18.2 Å². The van der Waals surface area contributed by atoms with E-state index in [1.807, 2.05) is 6.07 Å². The number of hydrogen-bond acceptors (Lipinski definition) is 4. The molecule has 4 rings (SSSR count). The smallest absolute Gasteiger partial charge is 0.406 e. The topological polar surface area (TPSA) is 95.7 Å². The number of halogens is 3. The van der Waals surface area contributed by atoms with Gasteiger partial charge in [-0.3, -0.25) is 9.89 Å². The zero-order chi connectivity index (χ0) is 20.4. The van der Waals surface area contributed by atoms with Crippen molar-refractivity contribution in [3.05, 3.63) is 66.0 Å². The summed E-state index contributed by atoms with van der Waals surface area (Å²) in [7, 11) is 0. The molecule has 148 valence electrons. The summed E-state index contributed by atoms with van der Waals surface area (Å²) in [5, 5.41) is 10.6. The molecule has 0 aliphatic carbocycles. The Morgan fingerprint density at radius 3 is 2.72 bits per heavy atom. The quantitative estimate of drug-likeness (QED) is 0.474. The van der Waals surface area contributed by atoms with Crippen LogP contribution in [-0.2, 0) is 6.54 Å². The van der Waals surface area contributed by atoms with Gasteiger partial charge in [0.25, 0.3) is 5.91 Å². The molecule has 0 saturated heterocycles. The summed E-state index contributed by atoms with van der Waals surface area (Å²) >= 11 is 0. The minimum atomic E-state index is -4.74. The van der Waals surface area contributed by atoms with Crippen molar-refractivity contribution in [2.45, 2.75) is 12.9 Å². The summed E-state index contributed by atoms with van der Waals surface area (Å²) in [6.45, 7) is 0.155. The summed E-state index contributed by atoms with van der Waals surface area (Å²) < 4.78 is 40.4. The normalized spacial score (nSPS) is 11.6. The Bertz CT molecular complexity index is 1150. The van der Waals surface area contributed by atoms with Crippen LogP contribution in [0.3, 0.4) is 0 Å². The third-order valence-corrected chi connectivity index (χ3v) is 4.15. The lowest BCUT2D eigenvalue weighted by Gasteiger charge is -2.09. The van der Waals surface area contributed by atoms with Crippen molar-refractivity contribution < 1.29 is 22.7 Å². The Morgan fingerprint density at radius 2 is 1.97 bits per heavy atom. The number of nitrogens with zero attached hydrogens (tertiary/aromatic N) is 2. The number of H-pyrrole nitrogens is 2. The molecule has 0 unspecified atom stereocenters. The third-order valence-electron chi connectivity index (χ3n) is 4.15. The predicted molar refractivity (Wildman–Crippen MR) is 98.0 cm³/mol. The molecule has 3 N–H and O–H groups in total. The van der Waals surface area contributed by atoms with Gasteiger partial charge in [-0.2, -0.15) is 5.10 Å². The van der Waals surface area contributed by atoms with Crippen LogP contribution in [0.2, 0.25) is 0 Å². The maximum Gasteiger partial charge on any atom is 0.573 e. The highest BCUT2D eigenvalue weighted by Crippen LogP contribution is 2.25. The predicted octanol–water partition coefficient (Wildman–Crippen LogP) is 3.78. The fraction of sp³-hybridized carbons (Fsp3) is 0.105. The fourth-order valence-electron chi connectivity index (χ4n) is 2.82. The van der Waals surface area contributed by atoms with Crippen molar-refractivity contribution in [2.24, 2.45) is 0 Å². The molecule has 29 heavy (non-hydrogen) atoms. The van der Waals surface area contributed by atoms with Gasteiger partial charge in [-0.05, 0) is 35.9 Å². The number of carbonyl (C=O) groups excluding carboxylic acids is 1. The van der Waals surface area contributed by atoms with Crippen molar-refractivity contribution in [1.82, 2.24) is 25.5 Å². The molecular weight excluding hydrogens is 387 g/mol. The molecule has 0 aliphatic heterocycles. The number of amides is 1. The van der Waals surface area contributed by atoms with Gasteiger partial charge in [-0.25, -0.2) is 4.98 Å². The second-order valence-corrected chi connectivity index (χ2v) is 6.15. The van der Waals surface area contributed by atoms with E-state index in [0.29, 0.717) is 28.2 Å². The van der Waals surface area contributed by atoms with Gasteiger partial charge in [0.2, 0.25) is 0 Å². The second kappa shape index (κ2) is 7.30. The molecule has 1 amide bonds. The van der Waals surface area contributed by atoms with E-state index in [1.165, 1.54) is 24.3 Å². The minimum absolute atomic E-state index is 0.155. The molecule has 0 radical (unpaired) electrons. The van der Waals surface area contributed by atoms with Crippen LogP contribution in [0.5, 0.6) is 5.75 Å². The zero-order valence-corrected chi connectivity index (χ0v) is 14.7. The number of nitrogens with one attached hydrogen (secondary N) is 3. The highest BCUT2D eigenvalue weighted by Gasteiger charge is 2.30. The highest BCUT2D eigenvalue weighted by atomic mass is 19.4. The van der Waals surface area contributed by atoms with Crippen LogP contribution in [0.25, 0.3) is 22.4 Å². The maximum atomic E-state index is 12.4. The fourth-order valence-corrected chi connectivity index (χ4v) is 2.82. The van der Waals surface area contributed by atoms with Gasteiger partial charge in [0.1, 0.15) is 5.75 Å². The summed E-state index contributed by atoms with van der Waals surface area (Å²) in [5.74, 6) is -0.644. The van der Waals surface area contributed by atoms with E-state index in [4.69, 9.17) is 0 Å². The molecule has 0 atom stereocenters. The second-order valence-electron chi connectivity index (χ2n) is 6.15. The van der Waals surface area contributed by atoms with E-state index in [2.05, 4.69) is 30.2 Å². The van der Waals surface area contributed by atoms with Crippen LogP contribution >= 0.6 is 0 Å². The minimum Gasteiger partial charge on any atom is -0.406 e. The summed E-state index contributed by atoms with van der Waals surface area (Å²) in [5.41, 5.74) is 3.01. The Hall–Kier alpha value is -3.82. The van der Waals surface area contributed by atoms with Crippen molar-refractivity contribution in [1.29, 1.82) is 0 Å². The van der Waals surface area contributed by atoms with Crippen molar-refractivity contribution >= 4 is 16.9 Å². The molecule has 3 heterocycles. The molecule has 1 aromatic carbocycles. The SMILES string of the molecule is O=C(NCc1ccc(OC(F)(F)F)cc1)c1c[nH]c(-c2[nH]nc3ncccc23)c1. The van der Waals surface area contributed by atoms with Gasteiger partial charge in [-0.15, -0.1) is 13.2 Å². The number of benzene rings is 1. The number of aromatic amines is 2. The third kappa shape index (κ3) is 4.21. The van der Waals surface area contributed by atoms with Gasteiger partial charge in [0.15, 0.2) is 5.65 Å². The molecule has 0 aliphatic rings. The molecule has 7 nitrogen and oxygen atoms in total. The van der Waals surface area contributed by atoms with Gasteiger partial charge in [0, 0.05) is 24.3 Å². The standard InChI is InChI=1S/C19H14F3N5O2/c20-19(21,22)29-13-5-3-11(4-6-13)9-25-18(28)12-8-15(24-10-12)16-14-2-1-7-23-17(14)27-26-16/h1-8,10,24H,9H2,(H,25,28)(H,23,26,27). The van der Waals surface area contributed by atoms with Crippen LogP contribution in [-0.4, -0.2) is 32.4 Å². The Kier molecular flexibility index (Phi) is 4.67. The van der Waals surface area contributed by atoms with Gasteiger partial charge < -0.3 is 15.0 Å². The first kappa shape index (κ1) is 18.5. The Morgan fingerprint density at radius 1 is 1.17 bits per heavy atom. The van der Waals surface area contributed by atoms with Gasteiger partial charge in [-0.1, -0.05) is 12.1 Å². The maximum absolute atomic E-state index is 12.4. The first-order chi connectivity index (χ1) is 13.9. The Labute approximate surface area is 161 Å². The number of hydrogen-bond donors (Lipinski definition) is 3. The molecule has 0 saturated carbocycles. The van der Waals surface area contributed by atoms with Gasteiger partial charge in [0.05, 0.1) is 17.0 Å². The van der Waals surface area contributed by atoms with Crippen molar-refractivity contribution in [3.63, 3.8) is 0 Å². The van der Waals surface area contributed by atoms with Crippen LogP contribution in [0.4, 0.5) is 13.2 Å². The van der Waals surface area contributed by atoms with E-state index in [0.717, 1.165) is 5.39 Å². The zero-order valence-electron chi connectivity index (χ0n) is 14.7. The number of rotatable bonds is 5.